The summed E-state index contributed by atoms with van der Waals surface area (Å²) in [4.78, 5) is 26.7. The molecule has 0 saturated carbocycles. The van der Waals surface area contributed by atoms with E-state index in [4.69, 9.17) is 10.5 Å². The highest BCUT2D eigenvalue weighted by atomic mass is 16.5. The zero-order valence-electron chi connectivity index (χ0n) is 11.8. The lowest BCUT2D eigenvalue weighted by molar-refractivity contribution is -0.129. The number of hydrogen-bond donors (Lipinski definition) is 1. The predicted molar refractivity (Wildman–Crippen MR) is 76.6 cm³/mol. The molecule has 0 bridgehead atoms. The lowest BCUT2D eigenvalue weighted by atomic mass is 10.2. The van der Waals surface area contributed by atoms with E-state index in [9.17, 15) is 9.59 Å². The van der Waals surface area contributed by atoms with Crippen LogP contribution in [0.3, 0.4) is 0 Å². The summed E-state index contributed by atoms with van der Waals surface area (Å²) in [6.07, 6.45) is 1.02. The average Bonchev–Trinajstić information content (AvgIpc) is 2.41. The number of nitrogens with two attached hydrogens (primary N) is 1. The number of carbonyl (C=O) groups is 2. The van der Waals surface area contributed by atoms with Crippen LogP contribution in [0.2, 0.25) is 0 Å². The Morgan fingerprint density at radius 2 is 2.20 bits per heavy atom. The topological polar surface area (TPSA) is 75.9 Å². The van der Waals surface area contributed by atoms with Crippen LogP contribution in [-0.4, -0.2) is 44.0 Å². The second-order valence-corrected chi connectivity index (χ2v) is 4.95. The van der Waals surface area contributed by atoms with Gasteiger partial charge in [-0.25, -0.2) is 0 Å². The molecule has 0 atom stereocenters. The van der Waals surface area contributed by atoms with Crippen molar-refractivity contribution in [3.05, 3.63) is 18.2 Å². The minimum atomic E-state index is -0.111. The average molecular weight is 277 g/mol. The summed E-state index contributed by atoms with van der Waals surface area (Å²) in [5.74, 6) is 0.594. The van der Waals surface area contributed by atoms with Gasteiger partial charge < -0.3 is 20.3 Å². The number of carbonyl (C=O) groups excluding carboxylic acids is 2. The van der Waals surface area contributed by atoms with Crippen molar-refractivity contribution in [1.29, 1.82) is 0 Å². The van der Waals surface area contributed by atoms with Crippen LogP contribution in [0.4, 0.5) is 11.4 Å². The lowest BCUT2D eigenvalue weighted by Crippen LogP contribution is -2.39. The second kappa shape index (κ2) is 5.81. The lowest BCUT2D eigenvalue weighted by Gasteiger charge is -2.29. The Morgan fingerprint density at radius 1 is 1.45 bits per heavy atom. The molecular formula is C14H19N3O3. The predicted octanol–water partition coefficient (Wildman–Crippen LogP) is 0.863. The van der Waals surface area contributed by atoms with E-state index in [2.05, 4.69) is 0 Å². The van der Waals surface area contributed by atoms with Gasteiger partial charge in [-0.1, -0.05) is 0 Å². The first-order chi connectivity index (χ1) is 9.49. The van der Waals surface area contributed by atoms with Gasteiger partial charge in [-0.15, -0.1) is 0 Å². The van der Waals surface area contributed by atoms with Gasteiger partial charge in [-0.2, -0.15) is 0 Å². The van der Waals surface area contributed by atoms with Gasteiger partial charge in [-0.3, -0.25) is 9.59 Å². The number of rotatable bonds is 4. The summed E-state index contributed by atoms with van der Waals surface area (Å²) >= 11 is 0. The van der Waals surface area contributed by atoms with Crippen molar-refractivity contribution in [3.8, 4) is 5.75 Å². The number of anilines is 2. The quantitative estimate of drug-likeness (QED) is 0.828. The van der Waals surface area contributed by atoms with Crippen LogP contribution >= 0.6 is 0 Å². The fourth-order valence-electron chi connectivity index (χ4n) is 2.08. The van der Waals surface area contributed by atoms with Crippen LogP contribution in [0.25, 0.3) is 0 Å². The van der Waals surface area contributed by atoms with Gasteiger partial charge >= 0.3 is 0 Å². The molecule has 0 spiro atoms. The van der Waals surface area contributed by atoms with Crippen molar-refractivity contribution in [3.63, 3.8) is 0 Å². The summed E-state index contributed by atoms with van der Waals surface area (Å²) in [6.45, 7) is 0.511. The van der Waals surface area contributed by atoms with Crippen LogP contribution < -0.4 is 15.4 Å². The van der Waals surface area contributed by atoms with Gasteiger partial charge in [0.1, 0.15) is 5.75 Å². The summed E-state index contributed by atoms with van der Waals surface area (Å²) in [6, 6.07) is 5.22. The molecule has 6 heteroatoms. The van der Waals surface area contributed by atoms with Crippen molar-refractivity contribution in [2.24, 2.45) is 0 Å². The SMILES string of the molecule is CN(C)C(=O)CCCN1C(=O)COc2ccc(N)cc21. The smallest absolute Gasteiger partial charge is 0.265 e. The monoisotopic (exact) mass is 277 g/mol. The molecule has 0 fully saturated rings. The first-order valence-electron chi connectivity index (χ1n) is 6.52. The molecule has 1 heterocycles. The molecule has 20 heavy (non-hydrogen) atoms. The van der Waals surface area contributed by atoms with E-state index >= 15 is 0 Å². The molecule has 0 radical (unpaired) electrons. The van der Waals surface area contributed by atoms with Gasteiger partial charge in [0.2, 0.25) is 5.91 Å². The van der Waals surface area contributed by atoms with Crippen LogP contribution in [0, 0.1) is 0 Å². The Kier molecular flexibility index (Phi) is 4.12. The van der Waals surface area contributed by atoms with E-state index in [0.717, 1.165) is 0 Å². The summed E-state index contributed by atoms with van der Waals surface area (Å²) in [5.41, 5.74) is 7.01. The van der Waals surface area contributed by atoms with E-state index in [1.54, 1.807) is 42.1 Å². The van der Waals surface area contributed by atoms with Crippen molar-refractivity contribution in [2.75, 3.05) is 37.9 Å². The van der Waals surface area contributed by atoms with Crippen molar-refractivity contribution in [2.45, 2.75) is 12.8 Å². The van der Waals surface area contributed by atoms with Crippen LogP contribution in [-0.2, 0) is 9.59 Å². The maximum atomic E-state index is 11.9. The Morgan fingerprint density at radius 3 is 2.90 bits per heavy atom. The zero-order chi connectivity index (χ0) is 14.7. The normalized spacial score (nSPS) is 13.7. The Labute approximate surface area is 118 Å². The van der Waals surface area contributed by atoms with Gasteiger partial charge in [0.25, 0.3) is 5.91 Å². The van der Waals surface area contributed by atoms with Crippen LogP contribution in [0.15, 0.2) is 18.2 Å². The first kappa shape index (κ1) is 14.2. The van der Waals surface area contributed by atoms with Crippen LogP contribution in [0.5, 0.6) is 5.75 Å². The second-order valence-electron chi connectivity index (χ2n) is 4.95. The molecule has 0 aliphatic carbocycles. The van der Waals surface area contributed by atoms with E-state index in [1.807, 2.05) is 0 Å². The third kappa shape index (κ3) is 3.01. The summed E-state index contributed by atoms with van der Waals surface area (Å²) < 4.78 is 5.36. The molecule has 2 amide bonds. The van der Waals surface area contributed by atoms with Crippen molar-refractivity contribution >= 4 is 23.2 Å². The highest BCUT2D eigenvalue weighted by Gasteiger charge is 2.25. The van der Waals surface area contributed by atoms with E-state index in [0.29, 0.717) is 36.5 Å². The molecule has 2 N–H and O–H groups in total. The third-order valence-electron chi connectivity index (χ3n) is 3.20. The Hall–Kier alpha value is -2.24. The highest BCUT2D eigenvalue weighted by molar-refractivity contribution is 5.98. The van der Waals surface area contributed by atoms with E-state index < -0.39 is 0 Å². The third-order valence-corrected chi connectivity index (χ3v) is 3.20. The number of hydrogen-bond acceptors (Lipinski definition) is 4. The number of fused-ring (bicyclic) bond motifs is 1. The fraction of sp³-hybridized carbons (Fsp3) is 0.429. The fourth-order valence-corrected chi connectivity index (χ4v) is 2.08. The molecule has 1 aliphatic heterocycles. The Bertz CT molecular complexity index is 528. The maximum Gasteiger partial charge on any atom is 0.265 e. The Balaban J connectivity index is 2.06. The van der Waals surface area contributed by atoms with Gasteiger partial charge in [-0.05, 0) is 24.6 Å². The molecule has 0 saturated heterocycles. The van der Waals surface area contributed by atoms with Gasteiger partial charge in [0, 0.05) is 32.7 Å². The number of benzene rings is 1. The standard InChI is InChI=1S/C14H19N3O3/c1-16(2)13(18)4-3-7-17-11-8-10(15)5-6-12(11)20-9-14(17)19/h5-6,8H,3-4,7,9,15H2,1-2H3. The van der Waals surface area contributed by atoms with Gasteiger partial charge in [0.05, 0.1) is 5.69 Å². The zero-order valence-corrected chi connectivity index (χ0v) is 11.8. The molecule has 0 unspecified atom stereocenters. The molecule has 1 aromatic rings. The molecule has 2 rings (SSSR count). The van der Waals surface area contributed by atoms with Crippen molar-refractivity contribution < 1.29 is 14.3 Å². The number of nitrogen functional groups attached to an aromatic ring is 1. The molecule has 108 valence electrons. The summed E-state index contributed by atoms with van der Waals surface area (Å²) in [5, 5.41) is 0. The van der Waals surface area contributed by atoms with Crippen LogP contribution in [0.1, 0.15) is 12.8 Å². The maximum absolute atomic E-state index is 11.9. The highest BCUT2D eigenvalue weighted by Crippen LogP contribution is 2.33. The molecule has 1 aliphatic rings. The number of amides is 2. The van der Waals surface area contributed by atoms with E-state index in [-0.39, 0.29) is 18.4 Å². The van der Waals surface area contributed by atoms with Crippen molar-refractivity contribution in [1.82, 2.24) is 4.90 Å². The van der Waals surface area contributed by atoms with E-state index in [1.165, 1.54) is 0 Å². The van der Waals surface area contributed by atoms with Gasteiger partial charge in [0.15, 0.2) is 6.61 Å². The molecular weight excluding hydrogens is 258 g/mol. The molecule has 0 aromatic heterocycles. The number of nitrogens with zero attached hydrogens (tertiary/aromatic N) is 2. The summed E-state index contributed by atoms with van der Waals surface area (Å²) in [7, 11) is 3.44. The molecule has 1 aromatic carbocycles. The minimum absolute atomic E-state index is 0.0263. The largest absolute Gasteiger partial charge is 0.482 e. The first-order valence-corrected chi connectivity index (χ1v) is 6.52. The minimum Gasteiger partial charge on any atom is -0.482 e. The number of ether oxygens (including phenoxy) is 1. The molecule has 6 nitrogen and oxygen atoms in total.